The summed E-state index contributed by atoms with van der Waals surface area (Å²) in [5, 5.41) is 4.08. The largest absolute Gasteiger partial charge is 0.152 e. The summed E-state index contributed by atoms with van der Waals surface area (Å²) in [6, 6.07) is 4.04. The van der Waals surface area contributed by atoms with Gasteiger partial charge in [-0.25, -0.2) is 0 Å². The molecule has 2 rings (SSSR count). The summed E-state index contributed by atoms with van der Waals surface area (Å²) in [7, 11) is 0. The van der Waals surface area contributed by atoms with Crippen molar-refractivity contribution >= 4 is 27.6 Å². The van der Waals surface area contributed by atoms with Crippen molar-refractivity contribution in [3.8, 4) is 0 Å². The monoisotopic (exact) mass is 232 g/mol. The fourth-order valence-corrected chi connectivity index (χ4v) is 1.18. The van der Waals surface area contributed by atoms with E-state index in [1.807, 2.05) is 32.7 Å². The summed E-state index contributed by atoms with van der Waals surface area (Å²) in [5.41, 5.74) is 0. The van der Waals surface area contributed by atoms with Crippen LogP contribution in [0.4, 0.5) is 0 Å². The van der Waals surface area contributed by atoms with Crippen LogP contribution in [0.15, 0.2) is 41.6 Å². The number of thiophene rings is 1. The van der Waals surface area contributed by atoms with Crippen LogP contribution < -0.4 is 0 Å². The van der Waals surface area contributed by atoms with Gasteiger partial charge in [0.1, 0.15) is 0 Å². The Bertz CT molecular complexity index is 235. The van der Waals surface area contributed by atoms with Crippen LogP contribution in [0.2, 0.25) is 0 Å². The van der Waals surface area contributed by atoms with Crippen molar-refractivity contribution in [2.24, 2.45) is 0 Å². The van der Waals surface area contributed by atoms with Crippen molar-refractivity contribution in [1.82, 2.24) is 8.57 Å². The zero-order valence-electron chi connectivity index (χ0n) is 5.79. The Kier molecular flexibility index (Phi) is 3.98. The van der Waals surface area contributed by atoms with Gasteiger partial charge in [-0.2, -0.15) is 11.3 Å². The summed E-state index contributed by atoms with van der Waals surface area (Å²) in [5.74, 6) is 0. The average Bonchev–Trinajstić information content (AvgIpc) is 2.57. The number of hydrogen-bond donors (Lipinski definition) is 0. The molecule has 0 fully saturated rings. The molecular formula is C7H8N2SSe. The van der Waals surface area contributed by atoms with Crippen molar-refractivity contribution in [2.45, 2.75) is 0 Å². The molecule has 2 aromatic heterocycles. The van der Waals surface area contributed by atoms with E-state index < -0.39 is 0 Å². The molecule has 0 saturated heterocycles. The predicted octanol–water partition coefficient (Wildman–Crippen LogP) is 1.30. The molecule has 2 aromatic rings. The van der Waals surface area contributed by atoms with E-state index in [1.54, 1.807) is 23.9 Å². The Balaban J connectivity index is 0.000000112. The predicted molar refractivity (Wildman–Crippen MR) is 49.1 cm³/mol. The Morgan fingerprint density at radius 3 is 2.18 bits per heavy atom. The van der Waals surface area contributed by atoms with Gasteiger partial charge in [-0.05, 0) is 10.8 Å². The third-order valence-corrected chi connectivity index (χ3v) is 2.04. The second-order valence-corrected chi connectivity index (χ2v) is 3.52. The quantitative estimate of drug-likeness (QED) is 0.625. The molecule has 0 saturated carbocycles. The molecule has 0 bridgehead atoms. The molecule has 2 nitrogen and oxygen atoms in total. The SMILES string of the molecule is [SeH]n1ccnc1.c1ccsc1. The van der Waals surface area contributed by atoms with Gasteiger partial charge in [0.2, 0.25) is 0 Å². The van der Waals surface area contributed by atoms with E-state index in [0.717, 1.165) is 0 Å². The molecule has 11 heavy (non-hydrogen) atoms. The van der Waals surface area contributed by atoms with Crippen LogP contribution in [0.5, 0.6) is 0 Å². The first-order chi connectivity index (χ1) is 5.39. The number of hydrogen-bond acceptors (Lipinski definition) is 2. The van der Waals surface area contributed by atoms with Gasteiger partial charge in [0, 0.05) is 0 Å². The summed E-state index contributed by atoms with van der Waals surface area (Å²) >= 11 is 4.05. The molecule has 0 amide bonds. The van der Waals surface area contributed by atoms with E-state index in [2.05, 4.69) is 21.2 Å². The van der Waals surface area contributed by atoms with E-state index in [1.165, 1.54) is 0 Å². The van der Waals surface area contributed by atoms with Crippen LogP contribution in [0.1, 0.15) is 0 Å². The first-order valence-electron chi connectivity index (χ1n) is 3.04. The van der Waals surface area contributed by atoms with Gasteiger partial charge < -0.3 is 0 Å². The van der Waals surface area contributed by atoms with Crippen molar-refractivity contribution in [1.29, 1.82) is 0 Å². The Hall–Kier alpha value is -0.571. The fourth-order valence-electron chi connectivity index (χ4n) is 0.479. The third-order valence-electron chi connectivity index (χ3n) is 0.916. The molecule has 0 aliphatic rings. The maximum absolute atomic E-state index is 3.77. The number of imidazole rings is 1. The van der Waals surface area contributed by atoms with E-state index in [4.69, 9.17) is 0 Å². The maximum atomic E-state index is 3.77. The minimum Gasteiger partial charge on any atom is -0.152 e. The number of nitrogens with zero attached hydrogens (tertiary/aromatic N) is 2. The van der Waals surface area contributed by atoms with E-state index in [0.29, 0.717) is 0 Å². The van der Waals surface area contributed by atoms with Crippen LogP contribution in [-0.2, 0) is 0 Å². The number of rotatable bonds is 0. The molecule has 0 spiro atoms. The first-order valence-corrected chi connectivity index (χ1v) is 4.82. The molecule has 2 heterocycles. The topological polar surface area (TPSA) is 17.8 Å². The molecular weight excluding hydrogens is 223 g/mol. The van der Waals surface area contributed by atoms with E-state index >= 15 is 0 Å². The molecule has 4 heteroatoms. The van der Waals surface area contributed by atoms with Crippen LogP contribution in [-0.4, -0.2) is 24.8 Å². The van der Waals surface area contributed by atoms with Gasteiger partial charge in [0.25, 0.3) is 0 Å². The van der Waals surface area contributed by atoms with Gasteiger partial charge in [-0.15, -0.1) is 0 Å². The van der Waals surface area contributed by atoms with Crippen molar-refractivity contribution in [3.63, 3.8) is 0 Å². The van der Waals surface area contributed by atoms with Crippen LogP contribution >= 0.6 is 11.3 Å². The third kappa shape index (κ3) is 3.98. The molecule has 0 atom stereocenters. The summed E-state index contributed by atoms with van der Waals surface area (Å²) in [4.78, 5) is 3.77. The normalized spacial score (nSPS) is 8.45. The van der Waals surface area contributed by atoms with E-state index in [9.17, 15) is 0 Å². The first kappa shape index (κ1) is 8.53. The zero-order chi connectivity index (χ0) is 7.94. The Morgan fingerprint density at radius 2 is 2.00 bits per heavy atom. The summed E-state index contributed by atoms with van der Waals surface area (Å²) in [6.45, 7) is 0. The van der Waals surface area contributed by atoms with Gasteiger partial charge in [0.15, 0.2) is 0 Å². The van der Waals surface area contributed by atoms with Gasteiger partial charge in [-0.1, -0.05) is 12.1 Å². The standard InChI is InChI=1S/C4H4S.C3H4N2Se/c1-2-4-5-3-1;6-5-2-1-4-3-5/h1-4H;1-3,6H. The zero-order valence-corrected chi connectivity index (χ0v) is 8.48. The second-order valence-electron chi connectivity index (χ2n) is 1.74. The van der Waals surface area contributed by atoms with Crippen LogP contribution in [0.3, 0.4) is 0 Å². The van der Waals surface area contributed by atoms with Gasteiger partial charge in [-0.3, -0.25) is 0 Å². The molecule has 0 aliphatic heterocycles. The average molecular weight is 231 g/mol. The second kappa shape index (κ2) is 5.13. The maximum Gasteiger partial charge on any atom is -0.00934 e. The smallest absolute Gasteiger partial charge is 0.00934 e. The molecule has 0 aliphatic carbocycles. The van der Waals surface area contributed by atoms with E-state index in [-0.39, 0.29) is 0 Å². The summed E-state index contributed by atoms with van der Waals surface area (Å²) < 4.78 is 1.83. The van der Waals surface area contributed by atoms with Crippen molar-refractivity contribution in [3.05, 3.63) is 41.6 Å². The minimum atomic E-state index is 1.71. The molecule has 0 N–H and O–H groups in total. The molecule has 0 unspecified atom stereocenters. The van der Waals surface area contributed by atoms with Crippen LogP contribution in [0, 0.1) is 0 Å². The minimum absolute atomic E-state index is 1.71. The fraction of sp³-hybridized carbons (Fsp3) is 0. The molecule has 0 aromatic carbocycles. The van der Waals surface area contributed by atoms with Crippen LogP contribution in [0.25, 0.3) is 0 Å². The van der Waals surface area contributed by atoms with Crippen molar-refractivity contribution in [2.75, 3.05) is 0 Å². The Labute approximate surface area is 77.9 Å². The molecule has 0 radical (unpaired) electrons. The summed E-state index contributed by atoms with van der Waals surface area (Å²) in [6.07, 6.45) is 5.32. The van der Waals surface area contributed by atoms with Crippen molar-refractivity contribution < 1.29 is 0 Å². The van der Waals surface area contributed by atoms with Gasteiger partial charge in [0.05, 0.1) is 0 Å². The molecule has 58 valence electrons. The Morgan fingerprint density at radius 1 is 1.27 bits per heavy atom. The number of aromatic nitrogens is 2. The van der Waals surface area contributed by atoms with Gasteiger partial charge >= 0.3 is 43.5 Å².